The van der Waals surface area contributed by atoms with Gasteiger partial charge in [-0.25, -0.2) is 5.53 Å². The van der Waals surface area contributed by atoms with Gasteiger partial charge in [0, 0.05) is 50.1 Å². The summed E-state index contributed by atoms with van der Waals surface area (Å²) < 4.78 is 6.28. The zero-order chi connectivity index (χ0) is 29.0. The van der Waals surface area contributed by atoms with Gasteiger partial charge < -0.3 is 15.2 Å². The molecule has 0 fully saturated rings. The summed E-state index contributed by atoms with van der Waals surface area (Å²) in [6, 6.07) is 12.1. The van der Waals surface area contributed by atoms with Gasteiger partial charge in [-0.2, -0.15) is 5.11 Å². The van der Waals surface area contributed by atoms with Crippen LogP contribution in [0.25, 0.3) is 0 Å². The van der Waals surface area contributed by atoms with Gasteiger partial charge in [-0.15, -0.1) is 0 Å². The number of fused-ring (bicyclic) bond motifs is 1. The van der Waals surface area contributed by atoms with Gasteiger partial charge in [-0.05, 0) is 81.0 Å². The molecule has 1 unspecified atom stereocenters. The highest BCUT2D eigenvalue weighted by molar-refractivity contribution is 5.78. The van der Waals surface area contributed by atoms with E-state index in [1.165, 1.54) is 0 Å². The molecule has 1 aliphatic heterocycles. The van der Waals surface area contributed by atoms with Gasteiger partial charge in [0.1, 0.15) is 17.5 Å². The fourth-order valence-electron chi connectivity index (χ4n) is 5.69. The molecule has 0 aliphatic carbocycles. The number of nitrogens with zero attached hydrogens (tertiary/aromatic N) is 3. The van der Waals surface area contributed by atoms with Crippen LogP contribution in [0.5, 0.6) is 5.75 Å². The van der Waals surface area contributed by atoms with E-state index in [9.17, 15) is 9.90 Å². The first-order valence-electron chi connectivity index (χ1n) is 14.0. The first kappa shape index (κ1) is 29.2. The summed E-state index contributed by atoms with van der Waals surface area (Å²) in [5, 5.41) is 17.4. The Balaban J connectivity index is 1.77. The lowest BCUT2D eigenvalue weighted by Crippen LogP contribution is -2.33. The number of rotatable bonds is 10. The Labute approximate surface area is 237 Å². The minimum atomic E-state index is -1.11. The number of carbonyl (C=O) groups is 1. The maximum absolute atomic E-state index is 12.6. The Morgan fingerprint density at radius 2 is 2.02 bits per heavy atom. The van der Waals surface area contributed by atoms with Gasteiger partial charge in [0.2, 0.25) is 0 Å². The van der Waals surface area contributed by atoms with E-state index in [4.69, 9.17) is 10.3 Å². The number of hydrogen-bond donors (Lipinski definition) is 3. The van der Waals surface area contributed by atoms with Crippen LogP contribution < -0.4 is 10.1 Å². The molecule has 0 saturated heterocycles. The molecule has 0 amide bonds. The highest BCUT2D eigenvalue weighted by Gasteiger charge is 2.40. The molecule has 2 heterocycles. The number of anilines is 1. The third-order valence-electron chi connectivity index (χ3n) is 8.10. The van der Waals surface area contributed by atoms with Crippen molar-refractivity contribution in [3.8, 4) is 5.75 Å². The van der Waals surface area contributed by atoms with Crippen molar-refractivity contribution in [2.45, 2.75) is 73.1 Å². The molecule has 2 atom stereocenters. The lowest BCUT2D eigenvalue weighted by Gasteiger charge is -2.34. The van der Waals surface area contributed by atoms with E-state index in [2.05, 4.69) is 46.3 Å². The van der Waals surface area contributed by atoms with Crippen LogP contribution in [0.15, 0.2) is 53.9 Å². The Bertz CT molecular complexity index is 1390. The lowest BCUT2D eigenvalue weighted by molar-refractivity contribution is -0.147. The molecule has 212 valence electrons. The van der Waals surface area contributed by atoms with E-state index in [1.54, 1.807) is 20.0 Å². The molecule has 40 heavy (non-hydrogen) atoms. The second kappa shape index (κ2) is 12.2. The zero-order valence-electron chi connectivity index (χ0n) is 24.4. The average Bonchev–Trinajstić information content (AvgIpc) is 3.10. The summed E-state index contributed by atoms with van der Waals surface area (Å²) in [6.07, 6.45) is 4.63. The molecule has 1 aromatic heterocycles. The molecule has 0 radical (unpaired) electrons. The quantitative estimate of drug-likeness (QED) is 0.233. The van der Waals surface area contributed by atoms with Crippen molar-refractivity contribution in [3.05, 3.63) is 82.2 Å². The Morgan fingerprint density at radius 1 is 1.25 bits per heavy atom. The molecule has 3 N–H and O–H groups in total. The first-order chi connectivity index (χ1) is 19.1. The summed E-state index contributed by atoms with van der Waals surface area (Å²) >= 11 is 0. The lowest BCUT2D eigenvalue weighted by atomic mass is 9.69. The molecule has 1 aliphatic rings. The molecule has 0 bridgehead atoms. The first-order valence-corrected chi connectivity index (χ1v) is 14.0. The minimum absolute atomic E-state index is 0.0794. The summed E-state index contributed by atoms with van der Waals surface area (Å²) in [7, 11) is 0. The number of pyridine rings is 1. The Morgan fingerprint density at radius 3 is 2.70 bits per heavy atom. The average molecular weight is 544 g/mol. The molecule has 2 aromatic carbocycles. The molecule has 8 nitrogen and oxygen atoms in total. The fraction of sp³-hybridized carbons (Fsp3) is 0.438. The predicted octanol–water partition coefficient (Wildman–Crippen LogP) is 7.21. The summed E-state index contributed by atoms with van der Waals surface area (Å²) in [4.78, 5) is 19.3. The van der Waals surface area contributed by atoms with E-state index in [0.29, 0.717) is 18.8 Å². The summed E-state index contributed by atoms with van der Waals surface area (Å²) in [5.41, 5.74) is 14.0. The maximum atomic E-state index is 12.6. The number of nitrogens with one attached hydrogen (secondary N) is 2. The van der Waals surface area contributed by atoms with Crippen LogP contribution in [0.4, 0.5) is 11.4 Å². The van der Waals surface area contributed by atoms with Crippen molar-refractivity contribution < 1.29 is 14.6 Å². The van der Waals surface area contributed by atoms with Gasteiger partial charge in [0.25, 0.3) is 0 Å². The number of ether oxygens (including phenoxy) is 1. The topological polar surface area (TPSA) is 111 Å². The molecule has 4 rings (SSSR count). The molecule has 0 saturated carbocycles. The van der Waals surface area contributed by atoms with Crippen LogP contribution >= 0.6 is 0 Å². The van der Waals surface area contributed by atoms with Crippen molar-refractivity contribution in [1.29, 1.82) is 5.53 Å². The van der Waals surface area contributed by atoms with E-state index in [1.807, 2.05) is 44.3 Å². The number of hydrogen-bond acceptors (Lipinski definition) is 7. The monoisotopic (exact) mass is 543 g/mol. The van der Waals surface area contributed by atoms with Crippen LogP contribution in [-0.2, 0) is 17.9 Å². The predicted molar refractivity (Wildman–Crippen MR) is 158 cm³/mol. The largest absolute Gasteiger partial charge is 0.489 e. The van der Waals surface area contributed by atoms with Crippen LogP contribution in [0.3, 0.4) is 0 Å². The number of aliphatic carboxylic acids is 1. The smallest absolute Gasteiger partial charge is 0.310 e. The highest BCUT2D eigenvalue weighted by atomic mass is 16.5. The third kappa shape index (κ3) is 5.87. The van der Waals surface area contributed by atoms with Crippen LogP contribution in [0.1, 0.15) is 73.4 Å². The minimum Gasteiger partial charge on any atom is -0.489 e. The van der Waals surface area contributed by atoms with Gasteiger partial charge in [0.15, 0.2) is 0 Å². The number of aryl methyl sites for hydroxylation is 1. The van der Waals surface area contributed by atoms with Gasteiger partial charge >= 0.3 is 5.97 Å². The van der Waals surface area contributed by atoms with E-state index in [-0.39, 0.29) is 6.10 Å². The molecule has 8 heteroatoms. The van der Waals surface area contributed by atoms with E-state index < -0.39 is 17.3 Å². The summed E-state index contributed by atoms with van der Waals surface area (Å²) in [5.74, 6) is -0.426. The highest BCUT2D eigenvalue weighted by Crippen LogP contribution is 2.46. The molecule has 3 aromatic rings. The normalized spacial score (nSPS) is 16.4. The number of carboxylic acid groups (broad SMARTS) is 1. The molecular weight excluding hydrogens is 502 g/mol. The van der Waals surface area contributed by atoms with Gasteiger partial charge in [-0.1, -0.05) is 31.2 Å². The summed E-state index contributed by atoms with van der Waals surface area (Å²) in [6.45, 7) is 14.6. The second-order valence-electron chi connectivity index (χ2n) is 11.3. The van der Waals surface area contributed by atoms with Crippen LogP contribution in [-0.4, -0.2) is 40.2 Å². The Kier molecular flexibility index (Phi) is 8.88. The number of benzene rings is 2. The van der Waals surface area contributed by atoms with Gasteiger partial charge in [0.05, 0.1) is 11.1 Å². The van der Waals surface area contributed by atoms with E-state index >= 15 is 0 Å². The molecular formula is C32H41N5O3. The van der Waals surface area contributed by atoms with Crippen LogP contribution in [0, 0.1) is 24.8 Å². The van der Waals surface area contributed by atoms with E-state index in [0.717, 1.165) is 64.3 Å². The van der Waals surface area contributed by atoms with Gasteiger partial charge in [-0.3, -0.25) is 14.7 Å². The zero-order valence-corrected chi connectivity index (χ0v) is 24.4. The number of aromatic nitrogens is 1. The maximum Gasteiger partial charge on any atom is 0.310 e. The van der Waals surface area contributed by atoms with Crippen molar-refractivity contribution in [3.63, 3.8) is 0 Å². The Hall–Kier alpha value is -3.78. The van der Waals surface area contributed by atoms with Crippen molar-refractivity contribution in [2.75, 3.05) is 18.4 Å². The SMILES string of the molecule is CCNc1ccc(C(c2ccc(C)c(CN3Cc4cnccc4O[C@H](CC)C3)c2)C(C)(C)C(=O)O)c(C)c1N=N. The number of carboxylic acids is 1. The van der Waals surface area contributed by atoms with Crippen LogP contribution in [0.2, 0.25) is 0 Å². The van der Waals surface area contributed by atoms with Crippen molar-refractivity contribution in [2.24, 2.45) is 10.5 Å². The standard InChI is InChI=1S/C32H41N5O3/c1-7-25-19-37(18-24-16-34-14-13-28(24)40-25)17-23-15-22(10-9-20(23)3)29(32(5,6)31(38)39)26-11-12-27(35-8-2)30(36-33)21(26)4/h9-16,25,29,33,35H,7-8,17-19H2,1-6H3,(H,38,39)/t25-,29?/m1/s1. The second-order valence-corrected chi connectivity index (χ2v) is 11.3. The van der Waals surface area contributed by atoms with Crippen molar-refractivity contribution in [1.82, 2.24) is 9.88 Å². The van der Waals surface area contributed by atoms with Crippen molar-refractivity contribution >= 4 is 17.3 Å². The molecule has 0 spiro atoms. The third-order valence-corrected chi connectivity index (χ3v) is 8.10. The fourth-order valence-corrected chi connectivity index (χ4v) is 5.69.